The van der Waals surface area contributed by atoms with E-state index in [-0.39, 0.29) is 11.1 Å². The molecule has 7 heteroatoms. The third-order valence-corrected chi connectivity index (χ3v) is 4.69. The number of fused-ring (bicyclic) bond motifs is 3. The minimum absolute atomic E-state index is 0.256. The molecule has 132 valence electrons. The first-order valence-electron chi connectivity index (χ1n) is 8.50. The van der Waals surface area contributed by atoms with E-state index in [1.807, 2.05) is 0 Å². The molecule has 0 unspecified atom stereocenters. The number of nitrogens with zero attached hydrogens (tertiary/aromatic N) is 3. The van der Waals surface area contributed by atoms with Crippen LogP contribution in [0.4, 0.5) is 0 Å². The maximum absolute atomic E-state index is 12.5. The van der Waals surface area contributed by atoms with Gasteiger partial charge >= 0.3 is 5.97 Å². The molecule has 2 amide bonds. The number of carbonyl (C=O) groups is 3. The molecule has 0 saturated heterocycles. The molecule has 2 aromatic rings. The van der Waals surface area contributed by atoms with Gasteiger partial charge in [-0.3, -0.25) is 19.3 Å². The van der Waals surface area contributed by atoms with Gasteiger partial charge in [0.2, 0.25) is 0 Å². The molecule has 1 aliphatic heterocycles. The zero-order valence-corrected chi connectivity index (χ0v) is 14.3. The van der Waals surface area contributed by atoms with E-state index in [0.717, 1.165) is 42.0 Å². The standard InChI is InChI=1S/C19H17N3O4/c1-26-17(23)10-22-18(24)11-8-15-16(9-12(11)19(22)25)21-14-7-5-3-2-4-6-13(14)20-15/h2-3,8-9H,4-7,10H2,1H3/b3-2-. The number of ether oxygens (including phenoxy) is 1. The van der Waals surface area contributed by atoms with E-state index in [9.17, 15) is 14.4 Å². The van der Waals surface area contributed by atoms with Gasteiger partial charge in [-0.05, 0) is 37.8 Å². The van der Waals surface area contributed by atoms with Crippen LogP contribution in [0.2, 0.25) is 0 Å². The molecular formula is C19H17N3O4. The van der Waals surface area contributed by atoms with Crippen molar-refractivity contribution in [3.8, 4) is 0 Å². The number of hydrogen-bond donors (Lipinski definition) is 0. The lowest BCUT2D eigenvalue weighted by Crippen LogP contribution is -2.35. The van der Waals surface area contributed by atoms with Crippen molar-refractivity contribution in [3.63, 3.8) is 0 Å². The minimum atomic E-state index is -0.643. The van der Waals surface area contributed by atoms with Crippen LogP contribution in [0.5, 0.6) is 0 Å². The van der Waals surface area contributed by atoms with Crippen molar-refractivity contribution in [2.45, 2.75) is 25.7 Å². The molecule has 0 atom stereocenters. The average molecular weight is 351 g/mol. The van der Waals surface area contributed by atoms with Gasteiger partial charge in [-0.15, -0.1) is 0 Å². The first kappa shape index (κ1) is 16.4. The molecule has 1 aromatic carbocycles. The van der Waals surface area contributed by atoms with E-state index < -0.39 is 24.3 Å². The first-order valence-corrected chi connectivity index (χ1v) is 8.50. The van der Waals surface area contributed by atoms with Crippen LogP contribution in [0, 0.1) is 0 Å². The molecule has 0 saturated carbocycles. The lowest BCUT2D eigenvalue weighted by Gasteiger charge is -2.11. The molecule has 0 N–H and O–H groups in total. The first-order chi connectivity index (χ1) is 12.6. The number of hydrogen-bond acceptors (Lipinski definition) is 6. The lowest BCUT2D eigenvalue weighted by molar-refractivity contribution is -0.140. The molecule has 0 bridgehead atoms. The van der Waals surface area contributed by atoms with Crippen LogP contribution in [-0.2, 0) is 22.4 Å². The second-order valence-corrected chi connectivity index (χ2v) is 6.32. The van der Waals surface area contributed by atoms with Crippen molar-refractivity contribution >= 4 is 28.8 Å². The Hall–Kier alpha value is -3.09. The van der Waals surface area contributed by atoms with Crippen LogP contribution >= 0.6 is 0 Å². The van der Waals surface area contributed by atoms with Gasteiger partial charge in [0.1, 0.15) is 6.54 Å². The number of allylic oxidation sites excluding steroid dienone is 2. The van der Waals surface area contributed by atoms with E-state index in [2.05, 4.69) is 26.9 Å². The Morgan fingerprint density at radius 2 is 1.50 bits per heavy atom. The average Bonchev–Trinajstić information content (AvgIpc) is 2.84. The number of carbonyl (C=O) groups excluding carboxylic acids is 3. The third-order valence-electron chi connectivity index (χ3n) is 4.69. The Bertz CT molecular complexity index is 912. The van der Waals surface area contributed by atoms with Crippen LogP contribution in [0.1, 0.15) is 44.9 Å². The lowest BCUT2D eigenvalue weighted by atomic mass is 10.0. The zero-order valence-electron chi connectivity index (χ0n) is 14.3. The molecule has 2 heterocycles. The Balaban J connectivity index is 1.78. The third kappa shape index (κ3) is 2.65. The Morgan fingerprint density at radius 3 is 1.96 bits per heavy atom. The maximum Gasteiger partial charge on any atom is 0.325 e. The molecule has 1 aromatic heterocycles. The molecule has 0 spiro atoms. The second-order valence-electron chi connectivity index (χ2n) is 6.32. The van der Waals surface area contributed by atoms with Crippen molar-refractivity contribution in [2.75, 3.05) is 13.7 Å². The van der Waals surface area contributed by atoms with Gasteiger partial charge < -0.3 is 4.74 Å². The minimum Gasteiger partial charge on any atom is -0.468 e. The summed E-state index contributed by atoms with van der Waals surface area (Å²) in [4.78, 5) is 46.8. The molecule has 7 nitrogen and oxygen atoms in total. The number of esters is 1. The van der Waals surface area contributed by atoms with Gasteiger partial charge in [-0.2, -0.15) is 0 Å². The molecule has 0 radical (unpaired) electrons. The highest BCUT2D eigenvalue weighted by Gasteiger charge is 2.37. The number of methoxy groups -OCH3 is 1. The van der Waals surface area contributed by atoms with Gasteiger partial charge in [-0.1, -0.05) is 12.2 Å². The van der Waals surface area contributed by atoms with Crippen molar-refractivity contribution in [3.05, 3.63) is 46.8 Å². The quantitative estimate of drug-likeness (QED) is 0.466. The van der Waals surface area contributed by atoms with Crippen molar-refractivity contribution < 1.29 is 19.1 Å². The van der Waals surface area contributed by atoms with Crippen LogP contribution in [0.15, 0.2) is 24.3 Å². The number of imide groups is 1. The Morgan fingerprint density at radius 1 is 1.00 bits per heavy atom. The predicted molar refractivity (Wildman–Crippen MR) is 92.7 cm³/mol. The van der Waals surface area contributed by atoms with Gasteiger partial charge in [0.25, 0.3) is 11.8 Å². The molecular weight excluding hydrogens is 334 g/mol. The molecule has 26 heavy (non-hydrogen) atoms. The largest absolute Gasteiger partial charge is 0.468 e. The highest BCUT2D eigenvalue weighted by atomic mass is 16.5. The van der Waals surface area contributed by atoms with Crippen molar-refractivity contribution in [1.82, 2.24) is 14.9 Å². The monoisotopic (exact) mass is 351 g/mol. The van der Waals surface area contributed by atoms with Crippen LogP contribution in [0.25, 0.3) is 11.0 Å². The number of aromatic nitrogens is 2. The Labute approximate surface area is 149 Å². The summed E-state index contributed by atoms with van der Waals surface area (Å²) in [5.74, 6) is -1.65. The Kier molecular flexibility index (Phi) is 3.99. The zero-order chi connectivity index (χ0) is 18.3. The molecule has 1 aliphatic carbocycles. The van der Waals surface area contributed by atoms with Crippen molar-refractivity contribution in [2.24, 2.45) is 0 Å². The summed E-state index contributed by atoms with van der Waals surface area (Å²) in [7, 11) is 1.22. The number of benzene rings is 1. The predicted octanol–water partition coefficient (Wildman–Crippen LogP) is 1.83. The van der Waals surface area contributed by atoms with E-state index in [1.54, 1.807) is 12.1 Å². The van der Waals surface area contributed by atoms with Gasteiger partial charge in [-0.25, -0.2) is 9.97 Å². The molecule has 0 fully saturated rings. The highest BCUT2D eigenvalue weighted by molar-refractivity contribution is 6.23. The fourth-order valence-electron chi connectivity index (χ4n) is 3.33. The summed E-state index contributed by atoms with van der Waals surface area (Å²) >= 11 is 0. The summed E-state index contributed by atoms with van der Waals surface area (Å²) in [5.41, 5.74) is 3.56. The van der Waals surface area contributed by atoms with Crippen LogP contribution < -0.4 is 0 Å². The van der Waals surface area contributed by atoms with E-state index in [4.69, 9.17) is 0 Å². The fourth-order valence-corrected chi connectivity index (χ4v) is 3.33. The van der Waals surface area contributed by atoms with Crippen LogP contribution in [0.3, 0.4) is 0 Å². The summed E-state index contributed by atoms with van der Waals surface area (Å²) < 4.78 is 4.56. The summed E-state index contributed by atoms with van der Waals surface area (Å²) in [5, 5.41) is 0. The van der Waals surface area contributed by atoms with Crippen LogP contribution in [-0.4, -0.2) is 46.3 Å². The van der Waals surface area contributed by atoms with E-state index in [1.165, 1.54) is 7.11 Å². The van der Waals surface area contributed by atoms with E-state index >= 15 is 0 Å². The van der Waals surface area contributed by atoms with Gasteiger partial charge in [0.15, 0.2) is 0 Å². The molecule has 4 rings (SSSR count). The van der Waals surface area contributed by atoms with Gasteiger partial charge in [0, 0.05) is 0 Å². The topological polar surface area (TPSA) is 89.5 Å². The number of aryl methyl sites for hydroxylation is 2. The maximum atomic E-state index is 12.5. The highest BCUT2D eigenvalue weighted by Crippen LogP contribution is 2.28. The number of amides is 2. The number of rotatable bonds is 2. The molecule has 2 aliphatic rings. The summed E-state index contributed by atoms with van der Waals surface area (Å²) in [6, 6.07) is 3.20. The summed E-state index contributed by atoms with van der Waals surface area (Å²) in [6.45, 7) is -0.401. The fraction of sp³-hybridized carbons (Fsp3) is 0.316. The van der Waals surface area contributed by atoms with E-state index in [0.29, 0.717) is 11.0 Å². The SMILES string of the molecule is COC(=O)CN1C(=O)c2cc3nc4c(nc3cc2C1=O)CC/C=C\CC4. The van der Waals surface area contributed by atoms with Crippen molar-refractivity contribution in [1.29, 1.82) is 0 Å². The normalized spacial score (nSPS) is 17.5. The summed E-state index contributed by atoms with van der Waals surface area (Å²) in [6.07, 6.45) is 7.69. The van der Waals surface area contributed by atoms with Gasteiger partial charge in [0.05, 0.1) is 40.7 Å². The second kappa shape index (κ2) is 6.33. The smallest absolute Gasteiger partial charge is 0.325 e.